The lowest BCUT2D eigenvalue weighted by Gasteiger charge is -2.11. The lowest BCUT2D eigenvalue weighted by Crippen LogP contribution is -2.24. The Hall–Kier alpha value is -1.22. The molecule has 1 amide bonds. The summed E-state index contributed by atoms with van der Waals surface area (Å²) in [7, 11) is 1.64. The highest BCUT2D eigenvalue weighted by Crippen LogP contribution is 2.41. The first-order chi connectivity index (χ1) is 8.24. The summed E-state index contributed by atoms with van der Waals surface area (Å²) in [6, 6.07) is 6.18. The number of nitrogens with one attached hydrogen (secondary N) is 1. The van der Waals surface area contributed by atoms with Crippen LogP contribution in [0.3, 0.4) is 0 Å². The molecule has 0 spiro atoms. The largest absolute Gasteiger partial charge is 0.496 e. The standard InChI is InChI=1S/C13H16ClNO2/c1-17-12-5-4-10(9-2-3-9)6-11(12)8-15-13(16)7-14/h4-6,9H,2-3,7-8H2,1H3,(H,15,16). The van der Waals surface area contributed by atoms with E-state index in [1.165, 1.54) is 18.4 Å². The number of alkyl halides is 1. The van der Waals surface area contributed by atoms with E-state index in [0.29, 0.717) is 12.5 Å². The van der Waals surface area contributed by atoms with Crippen molar-refractivity contribution >= 4 is 17.5 Å². The quantitative estimate of drug-likeness (QED) is 0.819. The predicted molar refractivity (Wildman–Crippen MR) is 67.5 cm³/mol. The monoisotopic (exact) mass is 253 g/mol. The van der Waals surface area contributed by atoms with E-state index in [2.05, 4.69) is 17.4 Å². The zero-order valence-electron chi connectivity index (χ0n) is 9.83. The highest BCUT2D eigenvalue weighted by Gasteiger charge is 2.24. The maximum atomic E-state index is 11.1. The highest BCUT2D eigenvalue weighted by atomic mass is 35.5. The molecular formula is C13H16ClNO2. The van der Waals surface area contributed by atoms with Crippen molar-refractivity contribution in [1.29, 1.82) is 0 Å². The third kappa shape index (κ3) is 3.13. The van der Waals surface area contributed by atoms with Gasteiger partial charge in [0, 0.05) is 12.1 Å². The van der Waals surface area contributed by atoms with Crippen LogP contribution in [0.1, 0.15) is 29.9 Å². The first-order valence-corrected chi connectivity index (χ1v) is 6.27. The highest BCUT2D eigenvalue weighted by molar-refractivity contribution is 6.27. The van der Waals surface area contributed by atoms with Crippen molar-refractivity contribution in [3.63, 3.8) is 0 Å². The number of carbonyl (C=O) groups is 1. The fourth-order valence-electron chi connectivity index (χ4n) is 1.85. The molecule has 1 N–H and O–H groups in total. The van der Waals surface area contributed by atoms with Crippen LogP contribution in [0.15, 0.2) is 18.2 Å². The second-order valence-electron chi connectivity index (χ2n) is 4.26. The molecule has 1 aliphatic carbocycles. The molecule has 0 heterocycles. The summed E-state index contributed by atoms with van der Waals surface area (Å²) in [6.45, 7) is 0.468. The van der Waals surface area contributed by atoms with E-state index in [1.807, 2.05) is 6.07 Å². The maximum Gasteiger partial charge on any atom is 0.235 e. The van der Waals surface area contributed by atoms with Crippen LogP contribution in [-0.2, 0) is 11.3 Å². The fourth-order valence-corrected chi connectivity index (χ4v) is 1.94. The number of carbonyl (C=O) groups excluding carboxylic acids is 1. The molecule has 0 radical (unpaired) electrons. The van der Waals surface area contributed by atoms with E-state index in [-0.39, 0.29) is 11.8 Å². The van der Waals surface area contributed by atoms with E-state index < -0.39 is 0 Å². The minimum absolute atomic E-state index is 0.00929. The van der Waals surface area contributed by atoms with Gasteiger partial charge < -0.3 is 10.1 Å². The summed E-state index contributed by atoms with van der Waals surface area (Å²) in [5, 5.41) is 2.76. The third-order valence-electron chi connectivity index (χ3n) is 2.95. The number of rotatable bonds is 5. The van der Waals surface area contributed by atoms with Crippen molar-refractivity contribution in [1.82, 2.24) is 5.32 Å². The number of ether oxygens (including phenoxy) is 1. The Balaban J connectivity index is 2.11. The minimum Gasteiger partial charge on any atom is -0.496 e. The summed E-state index contributed by atoms with van der Waals surface area (Å²) in [6.07, 6.45) is 2.53. The van der Waals surface area contributed by atoms with Crippen LogP contribution in [0, 0.1) is 0 Å². The van der Waals surface area contributed by atoms with Crippen LogP contribution in [0.25, 0.3) is 0 Å². The zero-order chi connectivity index (χ0) is 12.3. The van der Waals surface area contributed by atoms with Gasteiger partial charge in [0.1, 0.15) is 11.6 Å². The number of hydrogen-bond donors (Lipinski definition) is 1. The molecule has 0 bridgehead atoms. The SMILES string of the molecule is COc1ccc(C2CC2)cc1CNC(=O)CCl. The number of methoxy groups -OCH3 is 1. The average Bonchev–Trinajstić information content (AvgIpc) is 3.19. The van der Waals surface area contributed by atoms with Gasteiger partial charge in [-0.1, -0.05) is 12.1 Å². The topological polar surface area (TPSA) is 38.3 Å². The van der Waals surface area contributed by atoms with E-state index in [1.54, 1.807) is 7.11 Å². The molecule has 2 rings (SSSR count). The average molecular weight is 254 g/mol. The Morgan fingerprint density at radius 1 is 1.53 bits per heavy atom. The van der Waals surface area contributed by atoms with Crippen LogP contribution < -0.4 is 10.1 Å². The summed E-state index contributed by atoms with van der Waals surface area (Å²) >= 11 is 5.44. The summed E-state index contributed by atoms with van der Waals surface area (Å²) in [5.41, 5.74) is 2.34. The molecule has 17 heavy (non-hydrogen) atoms. The van der Waals surface area contributed by atoms with Gasteiger partial charge in [-0.3, -0.25) is 4.79 Å². The zero-order valence-corrected chi connectivity index (χ0v) is 10.6. The Morgan fingerprint density at radius 2 is 2.29 bits per heavy atom. The van der Waals surface area contributed by atoms with Gasteiger partial charge >= 0.3 is 0 Å². The van der Waals surface area contributed by atoms with Crippen LogP contribution in [0.4, 0.5) is 0 Å². The molecule has 1 fully saturated rings. The molecule has 0 atom stereocenters. The van der Waals surface area contributed by atoms with Gasteiger partial charge in [-0.2, -0.15) is 0 Å². The van der Waals surface area contributed by atoms with Crippen molar-refractivity contribution in [3.8, 4) is 5.75 Å². The number of hydrogen-bond acceptors (Lipinski definition) is 2. The molecular weight excluding hydrogens is 238 g/mol. The van der Waals surface area contributed by atoms with E-state index >= 15 is 0 Å². The first kappa shape index (κ1) is 12.2. The molecule has 1 aliphatic rings. The molecule has 1 aromatic rings. The van der Waals surface area contributed by atoms with Gasteiger partial charge in [-0.05, 0) is 30.4 Å². The second kappa shape index (κ2) is 5.41. The molecule has 0 saturated heterocycles. The van der Waals surface area contributed by atoms with E-state index in [0.717, 1.165) is 11.3 Å². The van der Waals surface area contributed by atoms with Gasteiger partial charge in [0.15, 0.2) is 0 Å². The second-order valence-corrected chi connectivity index (χ2v) is 4.52. The molecule has 0 unspecified atom stereocenters. The summed E-state index contributed by atoms with van der Waals surface area (Å²) in [4.78, 5) is 11.1. The summed E-state index contributed by atoms with van der Waals surface area (Å²) < 4.78 is 5.28. The molecule has 0 aliphatic heterocycles. The van der Waals surface area contributed by atoms with Crippen LogP contribution in [0.2, 0.25) is 0 Å². The Kier molecular flexibility index (Phi) is 3.89. The first-order valence-electron chi connectivity index (χ1n) is 5.74. The smallest absolute Gasteiger partial charge is 0.235 e. The van der Waals surface area contributed by atoms with Gasteiger partial charge in [0.05, 0.1) is 7.11 Å². The van der Waals surface area contributed by atoms with Gasteiger partial charge in [-0.15, -0.1) is 11.6 Å². The van der Waals surface area contributed by atoms with E-state index in [4.69, 9.17) is 16.3 Å². The number of halogens is 1. The Morgan fingerprint density at radius 3 is 2.88 bits per heavy atom. The summed E-state index contributed by atoms with van der Waals surface area (Å²) in [5.74, 6) is 1.34. The molecule has 3 nitrogen and oxygen atoms in total. The maximum absolute atomic E-state index is 11.1. The predicted octanol–water partition coefficient (Wildman–Crippen LogP) is 2.43. The molecule has 1 aromatic carbocycles. The van der Waals surface area contributed by atoms with Crippen molar-refractivity contribution in [2.45, 2.75) is 25.3 Å². The van der Waals surface area contributed by atoms with Gasteiger partial charge in [0.2, 0.25) is 5.91 Å². The Labute approximate surface area is 106 Å². The van der Waals surface area contributed by atoms with Crippen LogP contribution >= 0.6 is 11.6 Å². The van der Waals surface area contributed by atoms with Gasteiger partial charge in [0.25, 0.3) is 0 Å². The van der Waals surface area contributed by atoms with Crippen LogP contribution in [0.5, 0.6) is 5.75 Å². The lowest BCUT2D eigenvalue weighted by atomic mass is 10.1. The molecule has 1 saturated carbocycles. The molecule has 0 aromatic heterocycles. The fraction of sp³-hybridized carbons (Fsp3) is 0.462. The van der Waals surface area contributed by atoms with E-state index in [9.17, 15) is 4.79 Å². The minimum atomic E-state index is -0.162. The molecule has 92 valence electrons. The molecule has 4 heteroatoms. The normalized spacial score (nSPS) is 14.5. The Bertz CT molecular complexity index is 416. The van der Waals surface area contributed by atoms with Gasteiger partial charge in [-0.25, -0.2) is 0 Å². The van der Waals surface area contributed by atoms with Crippen molar-refractivity contribution < 1.29 is 9.53 Å². The van der Waals surface area contributed by atoms with Crippen molar-refractivity contribution in [2.75, 3.05) is 13.0 Å². The third-order valence-corrected chi connectivity index (χ3v) is 3.19. The van der Waals surface area contributed by atoms with Crippen LogP contribution in [-0.4, -0.2) is 18.9 Å². The number of benzene rings is 1. The van der Waals surface area contributed by atoms with Crippen molar-refractivity contribution in [2.24, 2.45) is 0 Å². The number of amides is 1. The lowest BCUT2D eigenvalue weighted by molar-refractivity contribution is -0.118. The van der Waals surface area contributed by atoms with Crippen molar-refractivity contribution in [3.05, 3.63) is 29.3 Å².